The molecule has 0 bridgehead atoms. The molecule has 0 atom stereocenters. The van der Waals surface area contributed by atoms with Gasteiger partial charge in [-0.25, -0.2) is 15.0 Å². The van der Waals surface area contributed by atoms with E-state index in [0.29, 0.717) is 47.0 Å². The summed E-state index contributed by atoms with van der Waals surface area (Å²) >= 11 is 0. The van der Waals surface area contributed by atoms with Gasteiger partial charge in [0.15, 0.2) is 5.76 Å². The molecule has 0 N–H and O–H groups in total. The molecule has 0 radical (unpaired) electrons. The highest BCUT2D eigenvalue weighted by atomic mass is 32.3. The van der Waals surface area contributed by atoms with Gasteiger partial charge in [0.1, 0.15) is 18.7 Å². The molecule has 0 saturated heterocycles. The molecule has 0 aliphatic heterocycles. The van der Waals surface area contributed by atoms with Crippen LogP contribution < -0.4 is 5.56 Å². The number of aryl methyl sites for hydroxylation is 3. The molecule has 6 rings (SSSR count). The second kappa shape index (κ2) is 11.0. The maximum absolute atomic E-state index is 14.0. The Morgan fingerprint density at radius 2 is 1.79 bits per heavy atom. The summed E-state index contributed by atoms with van der Waals surface area (Å²) in [6.45, 7) is 2.77. The molecule has 0 spiro atoms. The normalized spacial score (nSPS) is 12.4. The van der Waals surface area contributed by atoms with Crippen LogP contribution in [0.25, 0.3) is 55.6 Å². The lowest BCUT2D eigenvalue weighted by Gasteiger charge is -2.24. The topological polar surface area (TPSA) is 110 Å². The predicted octanol–water partition coefficient (Wildman–Crippen LogP) is 5.40. The van der Waals surface area contributed by atoms with E-state index >= 15 is 0 Å². The summed E-state index contributed by atoms with van der Waals surface area (Å²) in [5.41, 5.74) is 6.03. The number of fused-ring (bicyclic) bond motifs is 3. The second-order valence-corrected chi connectivity index (χ2v) is 16.2. The summed E-state index contributed by atoms with van der Waals surface area (Å²) in [5.74, 6) is 1.37. The Kier molecular flexibility index (Phi) is 7.31. The molecule has 222 valence electrons. The Hall–Kier alpha value is -4.48. The Labute approximate surface area is 250 Å². The molecule has 1 aromatic carbocycles. The SMILES string of the molecule is Cc1cc(-c2c(-c3ccc(C=O)cc3)c3c4cc(-c5cnn(C)c5)n(COCCS(C)(C)C)c4ncc3n(C)c2=O)on1. The van der Waals surface area contributed by atoms with Crippen LogP contribution in [0.2, 0.25) is 0 Å². The smallest absolute Gasteiger partial charge is 0.262 e. The predicted molar refractivity (Wildman–Crippen MR) is 172 cm³/mol. The molecule has 10 nitrogen and oxygen atoms in total. The van der Waals surface area contributed by atoms with Gasteiger partial charge in [0.25, 0.3) is 5.56 Å². The molecular formula is C32H34N6O4S. The maximum Gasteiger partial charge on any atom is 0.262 e. The average molecular weight is 599 g/mol. The lowest BCUT2D eigenvalue weighted by molar-refractivity contribution is 0.0934. The molecule has 0 amide bonds. The third-order valence-electron chi connectivity index (χ3n) is 7.55. The van der Waals surface area contributed by atoms with Crippen molar-refractivity contribution in [2.24, 2.45) is 14.1 Å². The minimum Gasteiger partial charge on any atom is -0.360 e. The number of aldehydes is 1. The van der Waals surface area contributed by atoms with Crippen LogP contribution in [0.1, 0.15) is 16.1 Å². The van der Waals surface area contributed by atoms with Crippen molar-refractivity contribution < 1.29 is 14.1 Å². The van der Waals surface area contributed by atoms with Crippen molar-refractivity contribution in [2.45, 2.75) is 13.7 Å². The fraction of sp³-hybridized carbons (Fsp3) is 0.281. The number of pyridine rings is 2. The Morgan fingerprint density at radius 3 is 2.42 bits per heavy atom. The van der Waals surface area contributed by atoms with Gasteiger partial charge >= 0.3 is 0 Å². The molecule has 5 heterocycles. The number of hydrogen-bond acceptors (Lipinski definition) is 7. The van der Waals surface area contributed by atoms with Gasteiger partial charge in [0, 0.05) is 59.6 Å². The quantitative estimate of drug-likeness (QED) is 0.162. The number of ether oxygens (including phenoxy) is 1. The van der Waals surface area contributed by atoms with Crippen LogP contribution in [-0.2, 0) is 25.6 Å². The first-order chi connectivity index (χ1) is 20.6. The zero-order valence-corrected chi connectivity index (χ0v) is 25.9. The third kappa shape index (κ3) is 5.30. The van der Waals surface area contributed by atoms with Crippen LogP contribution in [0.4, 0.5) is 0 Å². The van der Waals surface area contributed by atoms with Crippen molar-refractivity contribution in [3.63, 3.8) is 0 Å². The zero-order chi connectivity index (χ0) is 30.5. The fourth-order valence-electron chi connectivity index (χ4n) is 5.33. The summed E-state index contributed by atoms with van der Waals surface area (Å²) < 4.78 is 17.3. The Balaban J connectivity index is 1.68. The molecule has 0 aliphatic rings. The zero-order valence-electron chi connectivity index (χ0n) is 25.1. The maximum atomic E-state index is 14.0. The number of nitrogens with zero attached hydrogens (tertiary/aromatic N) is 6. The van der Waals surface area contributed by atoms with Gasteiger partial charge < -0.3 is 18.4 Å². The number of carbonyl (C=O) groups is 1. The first-order valence-corrected chi connectivity index (χ1v) is 16.9. The number of benzene rings is 1. The van der Waals surface area contributed by atoms with Gasteiger partial charge in [-0.05, 0) is 37.3 Å². The van der Waals surface area contributed by atoms with E-state index in [0.717, 1.165) is 45.3 Å². The van der Waals surface area contributed by atoms with Gasteiger partial charge in [-0.1, -0.05) is 29.4 Å². The third-order valence-corrected chi connectivity index (χ3v) is 8.95. The molecule has 43 heavy (non-hydrogen) atoms. The monoisotopic (exact) mass is 598 g/mol. The van der Waals surface area contributed by atoms with Crippen molar-refractivity contribution in [2.75, 3.05) is 31.1 Å². The van der Waals surface area contributed by atoms with E-state index in [1.807, 2.05) is 38.5 Å². The largest absolute Gasteiger partial charge is 0.360 e. The van der Waals surface area contributed by atoms with Gasteiger partial charge in [-0.15, -0.1) is 0 Å². The van der Waals surface area contributed by atoms with Crippen molar-refractivity contribution in [1.82, 2.24) is 29.1 Å². The highest BCUT2D eigenvalue weighted by Gasteiger charge is 2.25. The standard InChI is InChI=1S/C32H34N6O4S/c1-20-13-27(42-35-20)30-28(22-9-7-21(18-39)8-10-22)29-24-14-25(23-15-34-36(2)17-23)38(19-41-11-12-43(4,5)6)31(24)33-16-26(29)37(3)32(30)40/h7-10,13-18H,11-12,19H2,1-6H3. The van der Waals surface area contributed by atoms with E-state index in [-0.39, 0.29) is 5.56 Å². The highest BCUT2D eigenvalue weighted by molar-refractivity contribution is 8.32. The number of hydrogen-bond donors (Lipinski definition) is 0. The van der Waals surface area contributed by atoms with Crippen molar-refractivity contribution in [1.29, 1.82) is 0 Å². The Morgan fingerprint density at radius 1 is 1.02 bits per heavy atom. The summed E-state index contributed by atoms with van der Waals surface area (Å²) in [5, 5.41) is 10.2. The molecule has 0 saturated carbocycles. The summed E-state index contributed by atoms with van der Waals surface area (Å²) in [4.78, 5) is 30.3. The molecule has 0 unspecified atom stereocenters. The van der Waals surface area contributed by atoms with Gasteiger partial charge in [0.05, 0.1) is 41.5 Å². The van der Waals surface area contributed by atoms with E-state index in [2.05, 4.69) is 39.7 Å². The molecule has 6 aromatic rings. The van der Waals surface area contributed by atoms with Crippen LogP contribution >= 0.6 is 10.0 Å². The lowest BCUT2D eigenvalue weighted by Crippen LogP contribution is -2.20. The van der Waals surface area contributed by atoms with Crippen LogP contribution in [-0.4, -0.2) is 66.5 Å². The fourth-order valence-corrected chi connectivity index (χ4v) is 5.95. The average Bonchev–Trinajstić information content (AvgIpc) is 3.70. The molecule has 11 heteroatoms. The van der Waals surface area contributed by atoms with Crippen molar-refractivity contribution >= 4 is 38.3 Å². The minimum atomic E-state index is -0.706. The van der Waals surface area contributed by atoms with E-state index in [4.69, 9.17) is 14.2 Å². The number of aromatic nitrogens is 6. The van der Waals surface area contributed by atoms with E-state index in [1.54, 1.807) is 40.7 Å². The summed E-state index contributed by atoms with van der Waals surface area (Å²) in [6.07, 6.45) is 13.1. The molecule has 0 aliphatic carbocycles. The van der Waals surface area contributed by atoms with Crippen molar-refractivity contribution in [3.05, 3.63) is 76.6 Å². The second-order valence-electron chi connectivity index (χ2n) is 11.6. The van der Waals surface area contributed by atoms with E-state index < -0.39 is 10.0 Å². The lowest BCUT2D eigenvalue weighted by atomic mass is 9.93. The molecule has 5 aromatic heterocycles. The summed E-state index contributed by atoms with van der Waals surface area (Å²) in [6, 6.07) is 11.1. The van der Waals surface area contributed by atoms with Crippen LogP contribution in [0.5, 0.6) is 0 Å². The summed E-state index contributed by atoms with van der Waals surface area (Å²) in [7, 11) is 2.92. The first-order valence-electron chi connectivity index (χ1n) is 13.8. The van der Waals surface area contributed by atoms with Gasteiger partial charge in [0.2, 0.25) is 0 Å². The first kappa shape index (κ1) is 28.6. The molecular weight excluding hydrogens is 564 g/mol. The van der Waals surface area contributed by atoms with E-state index in [1.165, 1.54) is 0 Å². The van der Waals surface area contributed by atoms with E-state index in [9.17, 15) is 9.59 Å². The van der Waals surface area contributed by atoms with Crippen molar-refractivity contribution in [3.8, 4) is 33.7 Å². The number of rotatable bonds is 9. The number of carbonyl (C=O) groups excluding carboxylic acids is 1. The molecule has 0 fully saturated rings. The van der Waals surface area contributed by atoms with Gasteiger partial charge in [-0.2, -0.15) is 5.10 Å². The van der Waals surface area contributed by atoms with Crippen LogP contribution in [0.15, 0.2) is 64.3 Å². The highest BCUT2D eigenvalue weighted by Crippen LogP contribution is 2.41. The van der Waals surface area contributed by atoms with Gasteiger partial charge in [-0.3, -0.25) is 14.3 Å². The minimum absolute atomic E-state index is 0.237. The Bertz CT molecular complexity index is 2040. The van der Waals surface area contributed by atoms with Crippen LogP contribution in [0, 0.1) is 6.92 Å². The van der Waals surface area contributed by atoms with Crippen LogP contribution in [0.3, 0.4) is 0 Å².